The van der Waals surface area contributed by atoms with E-state index in [0.717, 1.165) is 50.5 Å². The monoisotopic (exact) mass is 405 g/mol. The molecular weight excluding hydrogens is 378 g/mol. The Morgan fingerprint density at radius 1 is 1.00 bits per heavy atom. The first-order chi connectivity index (χ1) is 14.6. The fourth-order valence-electron chi connectivity index (χ4n) is 3.83. The fourth-order valence-corrected chi connectivity index (χ4v) is 3.83. The molecule has 0 saturated carbocycles. The van der Waals surface area contributed by atoms with Crippen molar-refractivity contribution in [2.75, 3.05) is 44.7 Å². The lowest BCUT2D eigenvalue weighted by molar-refractivity contribution is -0.132. The first-order valence-corrected chi connectivity index (χ1v) is 10.3. The van der Waals surface area contributed by atoms with Gasteiger partial charge in [-0.05, 0) is 42.3 Å². The van der Waals surface area contributed by atoms with Crippen molar-refractivity contribution in [1.29, 1.82) is 0 Å². The van der Waals surface area contributed by atoms with Gasteiger partial charge in [0.1, 0.15) is 5.82 Å². The molecule has 1 fully saturated rings. The number of ether oxygens (including phenoxy) is 2. The SMILES string of the molecule is COc1cc(CCN2CCN(c3ccc4ccccc4n3)CC2)ccc1OC(C)=O. The number of methoxy groups -OCH3 is 1. The lowest BCUT2D eigenvalue weighted by Gasteiger charge is -2.35. The Balaban J connectivity index is 1.32. The topological polar surface area (TPSA) is 54.9 Å². The molecule has 1 aliphatic heterocycles. The second kappa shape index (κ2) is 9.13. The molecule has 1 saturated heterocycles. The molecule has 3 aromatic rings. The van der Waals surface area contributed by atoms with Crippen LogP contribution in [0.25, 0.3) is 10.9 Å². The molecule has 0 amide bonds. The van der Waals surface area contributed by atoms with Crippen LogP contribution in [0.1, 0.15) is 12.5 Å². The summed E-state index contributed by atoms with van der Waals surface area (Å²) in [5.41, 5.74) is 2.21. The molecule has 30 heavy (non-hydrogen) atoms. The van der Waals surface area contributed by atoms with Gasteiger partial charge in [0.2, 0.25) is 0 Å². The third kappa shape index (κ3) is 4.71. The molecule has 0 N–H and O–H groups in total. The molecule has 0 unspecified atom stereocenters. The predicted octanol–water partition coefficient (Wildman–Crippen LogP) is 3.53. The second-order valence-corrected chi connectivity index (χ2v) is 7.52. The highest BCUT2D eigenvalue weighted by Gasteiger charge is 2.18. The van der Waals surface area contributed by atoms with Crippen molar-refractivity contribution in [2.45, 2.75) is 13.3 Å². The van der Waals surface area contributed by atoms with Gasteiger partial charge in [0.15, 0.2) is 11.5 Å². The molecule has 2 heterocycles. The molecule has 1 aliphatic rings. The first kappa shape index (κ1) is 20.2. The largest absolute Gasteiger partial charge is 0.493 e. The van der Waals surface area contributed by atoms with E-state index in [-0.39, 0.29) is 5.97 Å². The Morgan fingerprint density at radius 2 is 1.80 bits per heavy atom. The zero-order chi connectivity index (χ0) is 20.9. The maximum atomic E-state index is 11.2. The third-order valence-corrected chi connectivity index (χ3v) is 5.48. The number of hydrogen-bond donors (Lipinski definition) is 0. The van der Waals surface area contributed by atoms with Crippen LogP contribution in [0.2, 0.25) is 0 Å². The maximum Gasteiger partial charge on any atom is 0.308 e. The number of hydrogen-bond acceptors (Lipinski definition) is 6. The molecule has 1 aromatic heterocycles. The number of rotatable bonds is 6. The van der Waals surface area contributed by atoms with E-state index in [9.17, 15) is 4.79 Å². The number of aromatic nitrogens is 1. The predicted molar refractivity (Wildman–Crippen MR) is 118 cm³/mol. The summed E-state index contributed by atoms with van der Waals surface area (Å²) < 4.78 is 10.5. The lowest BCUT2D eigenvalue weighted by atomic mass is 10.1. The third-order valence-electron chi connectivity index (χ3n) is 5.48. The zero-order valence-electron chi connectivity index (χ0n) is 17.5. The smallest absolute Gasteiger partial charge is 0.308 e. The second-order valence-electron chi connectivity index (χ2n) is 7.52. The number of benzene rings is 2. The van der Waals surface area contributed by atoms with Gasteiger partial charge in [-0.1, -0.05) is 24.3 Å². The van der Waals surface area contributed by atoms with Crippen molar-refractivity contribution >= 4 is 22.7 Å². The molecule has 0 bridgehead atoms. The van der Waals surface area contributed by atoms with E-state index in [2.05, 4.69) is 34.1 Å². The molecule has 0 atom stereocenters. The van der Waals surface area contributed by atoms with Gasteiger partial charge >= 0.3 is 5.97 Å². The summed E-state index contributed by atoms with van der Waals surface area (Å²) in [4.78, 5) is 20.9. The highest BCUT2D eigenvalue weighted by Crippen LogP contribution is 2.28. The summed E-state index contributed by atoms with van der Waals surface area (Å²) in [6.45, 7) is 6.34. The summed E-state index contributed by atoms with van der Waals surface area (Å²) in [6, 6.07) is 18.3. The molecule has 6 heteroatoms. The molecular formula is C24H27N3O3. The van der Waals surface area contributed by atoms with Crippen molar-refractivity contribution in [2.24, 2.45) is 0 Å². The summed E-state index contributed by atoms with van der Waals surface area (Å²) in [7, 11) is 1.59. The van der Waals surface area contributed by atoms with Crippen LogP contribution >= 0.6 is 0 Å². The Kier molecular flexibility index (Phi) is 6.14. The Labute approximate surface area is 177 Å². The van der Waals surface area contributed by atoms with Gasteiger partial charge < -0.3 is 14.4 Å². The number of pyridine rings is 1. The van der Waals surface area contributed by atoms with Crippen LogP contribution in [-0.2, 0) is 11.2 Å². The van der Waals surface area contributed by atoms with Gasteiger partial charge in [0.25, 0.3) is 0 Å². The van der Waals surface area contributed by atoms with Crippen LogP contribution in [0, 0.1) is 0 Å². The molecule has 6 nitrogen and oxygen atoms in total. The Hall–Kier alpha value is -3.12. The van der Waals surface area contributed by atoms with Crippen molar-refractivity contribution in [3.63, 3.8) is 0 Å². The van der Waals surface area contributed by atoms with Crippen molar-refractivity contribution < 1.29 is 14.3 Å². The fraction of sp³-hybridized carbons (Fsp3) is 0.333. The minimum Gasteiger partial charge on any atom is -0.493 e. The van der Waals surface area contributed by atoms with Gasteiger partial charge in [0.05, 0.1) is 12.6 Å². The van der Waals surface area contributed by atoms with Crippen LogP contribution in [0.15, 0.2) is 54.6 Å². The molecule has 0 aliphatic carbocycles. The van der Waals surface area contributed by atoms with E-state index in [0.29, 0.717) is 11.5 Å². The molecule has 0 radical (unpaired) electrons. The Bertz CT molecular complexity index is 1030. The quantitative estimate of drug-likeness (QED) is 0.462. The highest BCUT2D eigenvalue weighted by molar-refractivity contribution is 5.80. The number of para-hydroxylation sites is 1. The number of piperazine rings is 1. The van der Waals surface area contributed by atoms with E-state index >= 15 is 0 Å². The average molecular weight is 405 g/mol. The van der Waals surface area contributed by atoms with Gasteiger partial charge in [-0.15, -0.1) is 0 Å². The minimum atomic E-state index is -0.347. The summed E-state index contributed by atoms with van der Waals surface area (Å²) in [5.74, 6) is 1.76. The zero-order valence-corrected chi connectivity index (χ0v) is 17.5. The maximum absolute atomic E-state index is 11.2. The van der Waals surface area contributed by atoms with Crippen molar-refractivity contribution in [1.82, 2.24) is 9.88 Å². The van der Waals surface area contributed by atoms with Gasteiger partial charge in [-0.2, -0.15) is 0 Å². The molecule has 156 valence electrons. The summed E-state index contributed by atoms with van der Waals surface area (Å²) >= 11 is 0. The average Bonchev–Trinajstić information content (AvgIpc) is 2.78. The molecule has 2 aromatic carbocycles. The number of fused-ring (bicyclic) bond motifs is 1. The van der Waals surface area contributed by atoms with Gasteiger partial charge in [0, 0.05) is 45.0 Å². The minimum absolute atomic E-state index is 0.347. The first-order valence-electron chi connectivity index (χ1n) is 10.3. The van der Waals surface area contributed by atoms with E-state index in [4.69, 9.17) is 14.5 Å². The highest BCUT2D eigenvalue weighted by atomic mass is 16.6. The number of carbonyl (C=O) groups is 1. The van der Waals surface area contributed by atoms with Crippen LogP contribution in [-0.4, -0.2) is 55.7 Å². The van der Waals surface area contributed by atoms with E-state index < -0.39 is 0 Å². The van der Waals surface area contributed by atoms with Crippen LogP contribution in [0.3, 0.4) is 0 Å². The summed E-state index contributed by atoms with van der Waals surface area (Å²) in [5, 5.41) is 1.18. The summed E-state index contributed by atoms with van der Waals surface area (Å²) in [6.07, 6.45) is 0.922. The van der Waals surface area contributed by atoms with E-state index in [1.165, 1.54) is 17.9 Å². The standard InChI is InChI=1S/C24H27N3O3/c1-18(28)30-22-9-7-19(17-23(22)29-2)11-12-26-13-15-27(16-14-26)24-10-8-20-5-3-4-6-21(20)25-24/h3-10,17H,11-16H2,1-2H3. The lowest BCUT2D eigenvalue weighted by Crippen LogP contribution is -2.47. The van der Waals surface area contributed by atoms with Gasteiger partial charge in [-0.25, -0.2) is 4.98 Å². The molecule has 0 spiro atoms. The van der Waals surface area contributed by atoms with Crippen molar-refractivity contribution in [3.05, 3.63) is 60.2 Å². The van der Waals surface area contributed by atoms with Crippen molar-refractivity contribution in [3.8, 4) is 11.5 Å². The molecule has 4 rings (SSSR count). The number of nitrogens with zero attached hydrogens (tertiary/aromatic N) is 3. The van der Waals surface area contributed by atoms with Crippen LogP contribution in [0.4, 0.5) is 5.82 Å². The van der Waals surface area contributed by atoms with Gasteiger partial charge in [-0.3, -0.25) is 9.69 Å². The van der Waals surface area contributed by atoms with Crippen LogP contribution < -0.4 is 14.4 Å². The number of carbonyl (C=O) groups excluding carboxylic acids is 1. The Morgan fingerprint density at radius 3 is 2.57 bits per heavy atom. The van der Waals surface area contributed by atoms with E-state index in [1.54, 1.807) is 13.2 Å². The number of esters is 1. The number of anilines is 1. The van der Waals surface area contributed by atoms with Crippen LogP contribution in [0.5, 0.6) is 11.5 Å². The van der Waals surface area contributed by atoms with E-state index in [1.807, 2.05) is 24.3 Å². The normalized spacial score (nSPS) is 14.7.